The molecule has 0 spiro atoms. The Bertz CT molecular complexity index is 695. The number of nitrogens with one attached hydrogen (secondary N) is 1. The lowest BCUT2D eigenvalue weighted by molar-refractivity contribution is -0.114. The molecule has 1 saturated heterocycles. The number of aromatic nitrogens is 4. The zero-order valence-corrected chi connectivity index (χ0v) is 13.1. The van der Waals surface area contributed by atoms with Crippen molar-refractivity contribution in [2.75, 3.05) is 23.3 Å². The fourth-order valence-electron chi connectivity index (χ4n) is 2.60. The number of nitrogens with zero attached hydrogens (tertiary/aromatic N) is 5. The summed E-state index contributed by atoms with van der Waals surface area (Å²) in [4.78, 5) is 22.2. The van der Waals surface area contributed by atoms with Gasteiger partial charge < -0.3 is 10.2 Å². The summed E-state index contributed by atoms with van der Waals surface area (Å²) in [6.45, 7) is 7.22. The van der Waals surface area contributed by atoms with Crippen molar-refractivity contribution in [2.45, 2.75) is 33.2 Å². The van der Waals surface area contributed by atoms with Crippen LogP contribution in [-0.4, -0.2) is 38.7 Å². The third-order valence-electron chi connectivity index (χ3n) is 3.94. The minimum atomic E-state index is -0.109. The third-order valence-corrected chi connectivity index (χ3v) is 3.94. The normalized spacial score (nSPS) is 17.8. The molecule has 2 aromatic rings. The number of hydrogen-bond donors (Lipinski definition) is 1. The average Bonchev–Trinajstić information content (AvgIpc) is 3.10. The Balaban J connectivity index is 1.70. The average molecular weight is 300 g/mol. The van der Waals surface area contributed by atoms with Gasteiger partial charge in [0.05, 0.1) is 6.04 Å². The Morgan fingerprint density at radius 2 is 2.23 bits per heavy atom. The molecule has 1 N–H and O–H groups in total. The Kier molecular flexibility index (Phi) is 3.79. The molecule has 22 heavy (non-hydrogen) atoms. The van der Waals surface area contributed by atoms with Gasteiger partial charge >= 0.3 is 0 Å². The van der Waals surface area contributed by atoms with Crippen LogP contribution in [0, 0.1) is 13.8 Å². The minimum absolute atomic E-state index is 0.109. The molecule has 3 rings (SSSR count). The highest BCUT2D eigenvalue weighted by Crippen LogP contribution is 2.25. The van der Waals surface area contributed by atoms with Gasteiger partial charge in [0.15, 0.2) is 5.82 Å². The number of carbonyl (C=O) groups is 1. The van der Waals surface area contributed by atoms with Gasteiger partial charge in [-0.2, -0.15) is 5.10 Å². The van der Waals surface area contributed by atoms with Crippen molar-refractivity contribution in [3.05, 3.63) is 29.7 Å². The standard InChI is InChI=1S/C15H20N6O/c1-10-8-16-15(17-11(10)2)20-6-4-13(9-20)21-7-5-14(19-21)18-12(3)22/h5,7-8,13H,4,6,9H2,1-3H3,(H,18,19,22)/t13-/m1/s1. The molecule has 1 atom stereocenters. The van der Waals surface area contributed by atoms with Gasteiger partial charge in [-0.3, -0.25) is 9.48 Å². The Morgan fingerprint density at radius 1 is 1.41 bits per heavy atom. The number of carbonyl (C=O) groups excluding carboxylic acids is 1. The number of aryl methyl sites for hydroxylation is 2. The zero-order chi connectivity index (χ0) is 15.7. The molecule has 7 heteroatoms. The number of hydrogen-bond acceptors (Lipinski definition) is 5. The van der Waals surface area contributed by atoms with Crippen molar-refractivity contribution in [3.63, 3.8) is 0 Å². The van der Waals surface area contributed by atoms with E-state index in [2.05, 4.69) is 25.3 Å². The molecule has 0 aromatic carbocycles. The van der Waals surface area contributed by atoms with E-state index < -0.39 is 0 Å². The van der Waals surface area contributed by atoms with Crippen molar-refractivity contribution in [1.82, 2.24) is 19.7 Å². The summed E-state index contributed by atoms with van der Waals surface area (Å²) in [6, 6.07) is 2.09. The maximum atomic E-state index is 11.1. The second kappa shape index (κ2) is 5.75. The minimum Gasteiger partial charge on any atom is -0.339 e. The summed E-state index contributed by atoms with van der Waals surface area (Å²) in [5, 5.41) is 7.11. The molecule has 0 unspecified atom stereocenters. The second-order valence-corrected chi connectivity index (χ2v) is 5.69. The Hall–Kier alpha value is -2.44. The summed E-state index contributed by atoms with van der Waals surface area (Å²) >= 11 is 0. The molecule has 116 valence electrons. The largest absolute Gasteiger partial charge is 0.339 e. The van der Waals surface area contributed by atoms with Gasteiger partial charge in [-0.1, -0.05) is 0 Å². The van der Waals surface area contributed by atoms with Crippen LogP contribution in [0.25, 0.3) is 0 Å². The van der Waals surface area contributed by atoms with Crippen LogP contribution in [0.15, 0.2) is 18.5 Å². The van der Waals surface area contributed by atoms with E-state index in [-0.39, 0.29) is 11.9 Å². The fraction of sp³-hybridized carbons (Fsp3) is 0.467. The van der Waals surface area contributed by atoms with Crippen LogP contribution >= 0.6 is 0 Å². The summed E-state index contributed by atoms with van der Waals surface area (Å²) < 4.78 is 1.91. The van der Waals surface area contributed by atoms with Gasteiger partial charge in [-0.15, -0.1) is 0 Å². The SMILES string of the molecule is CC(=O)Nc1ccn([C@@H]2CCN(c3ncc(C)c(C)n3)C2)n1. The van der Waals surface area contributed by atoms with Crippen molar-refractivity contribution in [1.29, 1.82) is 0 Å². The number of amides is 1. The van der Waals surface area contributed by atoms with Gasteiger partial charge in [0.2, 0.25) is 11.9 Å². The van der Waals surface area contributed by atoms with Crippen LogP contribution < -0.4 is 10.2 Å². The van der Waals surface area contributed by atoms with E-state index in [9.17, 15) is 4.79 Å². The van der Waals surface area contributed by atoms with Gasteiger partial charge in [-0.25, -0.2) is 9.97 Å². The van der Waals surface area contributed by atoms with E-state index in [0.717, 1.165) is 36.7 Å². The van der Waals surface area contributed by atoms with Crippen molar-refractivity contribution in [2.24, 2.45) is 0 Å². The Labute approximate surface area is 129 Å². The maximum absolute atomic E-state index is 11.1. The topological polar surface area (TPSA) is 75.9 Å². The van der Waals surface area contributed by atoms with Crippen molar-refractivity contribution < 1.29 is 4.79 Å². The van der Waals surface area contributed by atoms with E-state index in [1.54, 1.807) is 0 Å². The molecule has 2 aromatic heterocycles. The van der Waals surface area contributed by atoms with Crippen LogP contribution in [0.4, 0.5) is 11.8 Å². The first-order valence-electron chi connectivity index (χ1n) is 7.41. The first-order chi connectivity index (χ1) is 10.5. The number of rotatable bonds is 3. The van der Waals surface area contributed by atoms with Crippen molar-refractivity contribution >= 4 is 17.7 Å². The van der Waals surface area contributed by atoms with Gasteiger partial charge in [0.1, 0.15) is 0 Å². The van der Waals surface area contributed by atoms with Gasteiger partial charge in [-0.05, 0) is 25.8 Å². The monoisotopic (exact) mass is 300 g/mol. The summed E-state index contributed by atoms with van der Waals surface area (Å²) in [5.74, 6) is 1.26. The molecule has 1 amide bonds. The maximum Gasteiger partial charge on any atom is 0.225 e. The molecule has 0 bridgehead atoms. The lowest BCUT2D eigenvalue weighted by atomic mass is 10.3. The second-order valence-electron chi connectivity index (χ2n) is 5.69. The predicted molar refractivity (Wildman–Crippen MR) is 83.9 cm³/mol. The molecule has 1 aliphatic rings. The lowest BCUT2D eigenvalue weighted by Crippen LogP contribution is -2.23. The highest BCUT2D eigenvalue weighted by atomic mass is 16.1. The molecule has 0 aliphatic carbocycles. The van der Waals surface area contributed by atoms with E-state index in [4.69, 9.17) is 0 Å². The zero-order valence-electron chi connectivity index (χ0n) is 13.1. The summed E-state index contributed by atoms with van der Waals surface area (Å²) in [6.07, 6.45) is 4.76. The molecule has 0 saturated carbocycles. The van der Waals surface area contributed by atoms with Crippen LogP contribution in [0.2, 0.25) is 0 Å². The molecule has 1 aliphatic heterocycles. The molecule has 3 heterocycles. The summed E-state index contributed by atoms with van der Waals surface area (Å²) in [5.41, 5.74) is 2.12. The lowest BCUT2D eigenvalue weighted by Gasteiger charge is -2.17. The first kappa shape index (κ1) is 14.5. The third kappa shape index (κ3) is 2.93. The molecule has 1 fully saturated rings. The van der Waals surface area contributed by atoms with E-state index in [0.29, 0.717) is 5.82 Å². The fourth-order valence-corrected chi connectivity index (χ4v) is 2.60. The van der Waals surface area contributed by atoms with Gasteiger partial charge in [0.25, 0.3) is 0 Å². The molecule has 7 nitrogen and oxygen atoms in total. The van der Waals surface area contributed by atoms with E-state index in [1.165, 1.54) is 6.92 Å². The van der Waals surface area contributed by atoms with Crippen LogP contribution in [0.5, 0.6) is 0 Å². The van der Waals surface area contributed by atoms with Gasteiger partial charge in [0, 0.05) is 44.2 Å². The van der Waals surface area contributed by atoms with Crippen LogP contribution in [0.3, 0.4) is 0 Å². The predicted octanol–water partition coefficient (Wildman–Crippen LogP) is 1.70. The number of anilines is 2. The smallest absolute Gasteiger partial charge is 0.225 e. The molecular weight excluding hydrogens is 280 g/mol. The molecular formula is C15H20N6O. The van der Waals surface area contributed by atoms with Crippen LogP contribution in [-0.2, 0) is 4.79 Å². The molecule has 0 radical (unpaired) electrons. The first-order valence-corrected chi connectivity index (χ1v) is 7.41. The van der Waals surface area contributed by atoms with E-state index in [1.807, 2.05) is 37.0 Å². The highest BCUT2D eigenvalue weighted by molar-refractivity contribution is 5.87. The van der Waals surface area contributed by atoms with Crippen molar-refractivity contribution in [3.8, 4) is 0 Å². The van der Waals surface area contributed by atoms with Crippen LogP contribution in [0.1, 0.15) is 30.6 Å². The van der Waals surface area contributed by atoms with E-state index >= 15 is 0 Å². The quantitative estimate of drug-likeness (QED) is 0.933. The highest BCUT2D eigenvalue weighted by Gasteiger charge is 2.26. The summed E-state index contributed by atoms with van der Waals surface area (Å²) in [7, 11) is 0. The Morgan fingerprint density at radius 3 is 2.95 bits per heavy atom.